The summed E-state index contributed by atoms with van der Waals surface area (Å²) >= 11 is 9.37. The molecule has 0 unspecified atom stereocenters. The third-order valence-electron chi connectivity index (χ3n) is 2.76. The third kappa shape index (κ3) is 3.46. The summed E-state index contributed by atoms with van der Waals surface area (Å²) in [5, 5.41) is 14.9. The molecule has 2 aromatic rings. The minimum Gasteiger partial charge on any atom is -0.406 e. The minimum atomic E-state index is 0.357. The lowest BCUT2D eigenvalue weighted by atomic mass is 10.3. The molecule has 0 bridgehead atoms. The van der Waals surface area contributed by atoms with Crippen molar-refractivity contribution in [3.63, 3.8) is 0 Å². The highest BCUT2D eigenvalue weighted by Crippen LogP contribution is 2.28. The second-order valence-electron chi connectivity index (χ2n) is 4.41. The molecule has 0 saturated heterocycles. The van der Waals surface area contributed by atoms with Gasteiger partial charge in [0.1, 0.15) is 0 Å². The SMILES string of the molecule is Clc1ccc(Br)c(Nc2nnc(CNC3CC3)o2)c1. The van der Waals surface area contributed by atoms with Crippen molar-refractivity contribution in [2.75, 3.05) is 5.32 Å². The molecule has 0 spiro atoms. The fourth-order valence-corrected chi connectivity index (χ4v) is 2.12. The van der Waals surface area contributed by atoms with Gasteiger partial charge in [-0.2, -0.15) is 0 Å². The first-order chi connectivity index (χ1) is 9.20. The summed E-state index contributed by atoms with van der Waals surface area (Å²) in [7, 11) is 0. The molecule has 1 heterocycles. The first-order valence-electron chi connectivity index (χ1n) is 5.98. The van der Waals surface area contributed by atoms with Crippen LogP contribution in [0, 0.1) is 0 Å². The van der Waals surface area contributed by atoms with Crippen LogP contribution in [0.1, 0.15) is 18.7 Å². The van der Waals surface area contributed by atoms with Crippen LogP contribution in [0.4, 0.5) is 11.7 Å². The van der Waals surface area contributed by atoms with Crippen LogP contribution in [0.3, 0.4) is 0 Å². The van der Waals surface area contributed by atoms with Crippen LogP contribution in [0.2, 0.25) is 5.02 Å². The van der Waals surface area contributed by atoms with E-state index in [0.29, 0.717) is 29.5 Å². The number of hydrogen-bond acceptors (Lipinski definition) is 5. The zero-order valence-corrected chi connectivity index (χ0v) is 12.3. The molecule has 1 aromatic heterocycles. The number of benzene rings is 1. The molecule has 1 aliphatic carbocycles. The number of anilines is 2. The lowest BCUT2D eigenvalue weighted by Gasteiger charge is -2.04. The molecule has 1 saturated carbocycles. The molecular weight excluding hydrogens is 332 g/mol. The van der Waals surface area contributed by atoms with Crippen molar-refractivity contribution < 1.29 is 4.42 Å². The Bertz CT molecular complexity index is 585. The van der Waals surface area contributed by atoms with Crippen LogP contribution in [-0.4, -0.2) is 16.2 Å². The van der Waals surface area contributed by atoms with Gasteiger partial charge in [-0.1, -0.05) is 16.7 Å². The van der Waals surface area contributed by atoms with Crippen LogP contribution in [0.5, 0.6) is 0 Å². The normalized spacial score (nSPS) is 14.6. The Morgan fingerprint density at radius 1 is 1.37 bits per heavy atom. The van der Waals surface area contributed by atoms with Crippen molar-refractivity contribution >= 4 is 39.2 Å². The van der Waals surface area contributed by atoms with E-state index in [-0.39, 0.29) is 0 Å². The van der Waals surface area contributed by atoms with Gasteiger partial charge in [-0.15, -0.1) is 5.10 Å². The maximum Gasteiger partial charge on any atom is 0.320 e. The van der Waals surface area contributed by atoms with Crippen molar-refractivity contribution in [3.8, 4) is 0 Å². The molecule has 0 radical (unpaired) electrons. The predicted octanol–water partition coefficient (Wildman–Crippen LogP) is 3.48. The van der Waals surface area contributed by atoms with Crippen molar-refractivity contribution in [1.29, 1.82) is 0 Å². The fourth-order valence-electron chi connectivity index (χ4n) is 1.60. The zero-order valence-electron chi connectivity index (χ0n) is 9.99. The average Bonchev–Trinajstić information content (AvgIpc) is 3.12. The second-order valence-corrected chi connectivity index (χ2v) is 5.70. The van der Waals surface area contributed by atoms with Gasteiger partial charge in [0, 0.05) is 15.5 Å². The summed E-state index contributed by atoms with van der Waals surface area (Å²) in [4.78, 5) is 0. The monoisotopic (exact) mass is 342 g/mol. The number of nitrogens with zero attached hydrogens (tertiary/aromatic N) is 2. The smallest absolute Gasteiger partial charge is 0.320 e. The Hall–Kier alpha value is -1.11. The van der Waals surface area contributed by atoms with Gasteiger partial charge in [-0.05, 0) is 47.0 Å². The van der Waals surface area contributed by atoms with Gasteiger partial charge < -0.3 is 15.1 Å². The van der Waals surface area contributed by atoms with Crippen LogP contribution < -0.4 is 10.6 Å². The van der Waals surface area contributed by atoms with Crippen molar-refractivity contribution in [1.82, 2.24) is 15.5 Å². The zero-order chi connectivity index (χ0) is 13.2. The maximum atomic E-state index is 5.94. The number of halogens is 2. The van der Waals surface area contributed by atoms with E-state index >= 15 is 0 Å². The number of aromatic nitrogens is 2. The number of rotatable bonds is 5. The topological polar surface area (TPSA) is 63.0 Å². The number of nitrogens with one attached hydrogen (secondary N) is 2. The molecule has 1 aliphatic rings. The molecule has 1 aromatic carbocycles. The van der Waals surface area contributed by atoms with Crippen LogP contribution in [0.25, 0.3) is 0 Å². The molecule has 100 valence electrons. The predicted molar refractivity (Wildman–Crippen MR) is 76.6 cm³/mol. The van der Waals surface area contributed by atoms with E-state index in [9.17, 15) is 0 Å². The average molecular weight is 344 g/mol. The molecule has 19 heavy (non-hydrogen) atoms. The number of hydrogen-bond donors (Lipinski definition) is 2. The Balaban J connectivity index is 1.66. The molecule has 7 heteroatoms. The minimum absolute atomic E-state index is 0.357. The van der Waals surface area contributed by atoms with E-state index in [4.69, 9.17) is 16.0 Å². The van der Waals surface area contributed by atoms with Gasteiger partial charge in [-0.25, -0.2) is 0 Å². The van der Waals surface area contributed by atoms with Crippen LogP contribution >= 0.6 is 27.5 Å². The molecular formula is C12H12BrClN4O. The molecule has 2 N–H and O–H groups in total. The highest BCUT2D eigenvalue weighted by molar-refractivity contribution is 9.10. The summed E-state index contributed by atoms with van der Waals surface area (Å²) < 4.78 is 6.38. The standard InChI is InChI=1S/C12H12BrClN4O/c13-9-4-1-7(14)5-10(9)16-12-18-17-11(19-12)6-15-8-2-3-8/h1,4-5,8,15H,2-3,6H2,(H,16,18). The lowest BCUT2D eigenvalue weighted by Crippen LogP contribution is -2.15. The van der Waals surface area contributed by atoms with Crippen molar-refractivity contribution in [2.24, 2.45) is 0 Å². The van der Waals surface area contributed by atoms with Crippen LogP contribution in [0.15, 0.2) is 27.1 Å². The van der Waals surface area contributed by atoms with E-state index in [1.165, 1.54) is 12.8 Å². The fraction of sp³-hybridized carbons (Fsp3) is 0.333. The summed E-state index contributed by atoms with van der Waals surface area (Å²) in [5.74, 6) is 0.576. The highest BCUT2D eigenvalue weighted by Gasteiger charge is 2.21. The largest absolute Gasteiger partial charge is 0.406 e. The Kier molecular flexibility index (Phi) is 3.72. The summed E-state index contributed by atoms with van der Waals surface area (Å²) in [6, 6.07) is 6.42. The van der Waals surface area contributed by atoms with E-state index in [2.05, 4.69) is 36.8 Å². The molecule has 3 rings (SSSR count). The van der Waals surface area contributed by atoms with Crippen molar-refractivity contribution in [3.05, 3.63) is 33.6 Å². The van der Waals surface area contributed by atoms with Gasteiger partial charge in [0.15, 0.2) is 0 Å². The third-order valence-corrected chi connectivity index (χ3v) is 3.68. The van der Waals surface area contributed by atoms with Crippen molar-refractivity contribution in [2.45, 2.75) is 25.4 Å². The van der Waals surface area contributed by atoms with Gasteiger partial charge >= 0.3 is 6.01 Å². The second kappa shape index (κ2) is 5.48. The maximum absolute atomic E-state index is 5.94. The summed E-state index contributed by atoms with van der Waals surface area (Å²) in [6.45, 7) is 0.607. The molecule has 5 nitrogen and oxygen atoms in total. The molecule has 1 fully saturated rings. The van der Waals surface area contributed by atoms with E-state index < -0.39 is 0 Å². The first-order valence-corrected chi connectivity index (χ1v) is 7.15. The molecule has 0 aliphatic heterocycles. The van der Waals surface area contributed by atoms with E-state index in [0.717, 1.165) is 10.2 Å². The summed E-state index contributed by atoms with van der Waals surface area (Å²) in [5.41, 5.74) is 0.790. The Labute approximate surface area is 123 Å². The lowest BCUT2D eigenvalue weighted by molar-refractivity contribution is 0.478. The van der Waals surface area contributed by atoms with Crippen LogP contribution in [-0.2, 0) is 6.54 Å². The molecule has 0 amide bonds. The summed E-state index contributed by atoms with van der Waals surface area (Å²) in [6.07, 6.45) is 2.46. The van der Waals surface area contributed by atoms with Gasteiger partial charge in [0.05, 0.1) is 12.2 Å². The quantitative estimate of drug-likeness (QED) is 0.870. The highest BCUT2D eigenvalue weighted by atomic mass is 79.9. The van der Waals surface area contributed by atoms with E-state index in [1.54, 1.807) is 12.1 Å². The Morgan fingerprint density at radius 2 is 2.21 bits per heavy atom. The van der Waals surface area contributed by atoms with Gasteiger partial charge in [0.2, 0.25) is 5.89 Å². The van der Waals surface area contributed by atoms with Gasteiger partial charge in [0.25, 0.3) is 0 Å². The van der Waals surface area contributed by atoms with E-state index in [1.807, 2.05) is 6.07 Å². The molecule has 0 atom stereocenters. The first kappa shape index (κ1) is 12.9. The Morgan fingerprint density at radius 3 is 3.00 bits per heavy atom. The van der Waals surface area contributed by atoms with Gasteiger partial charge in [-0.3, -0.25) is 0 Å².